The van der Waals surface area contributed by atoms with Gasteiger partial charge in [0.25, 0.3) is 5.91 Å². The number of hydrogen-bond donors (Lipinski definition) is 1. The maximum Gasteiger partial charge on any atom is 0.339 e. The molecule has 0 spiro atoms. The molecule has 0 aromatic heterocycles. The molecule has 0 saturated heterocycles. The van der Waals surface area contributed by atoms with E-state index in [4.69, 9.17) is 4.74 Å². The number of rotatable bonds is 6. The molecule has 0 aliphatic carbocycles. The van der Waals surface area contributed by atoms with Crippen LogP contribution >= 0.6 is 0 Å². The fraction of sp³-hybridized carbons (Fsp3) is 0.182. The van der Waals surface area contributed by atoms with Crippen LogP contribution in [0.5, 0.6) is 0 Å². The smallest absolute Gasteiger partial charge is 0.339 e. The molecule has 27 heavy (non-hydrogen) atoms. The maximum absolute atomic E-state index is 12.9. The van der Waals surface area contributed by atoms with Gasteiger partial charge in [-0.15, -0.1) is 0 Å². The van der Waals surface area contributed by atoms with Gasteiger partial charge >= 0.3 is 5.97 Å². The summed E-state index contributed by atoms with van der Waals surface area (Å²) in [5, 5.41) is 4.45. The summed E-state index contributed by atoms with van der Waals surface area (Å²) in [7, 11) is 0. The number of carbonyl (C=O) groups excluding carboxylic acids is 2. The first-order valence-electron chi connectivity index (χ1n) is 8.75. The highest BCUT2D eigenvalue weighted by molar-refractivity contribution is 6.05. The average Bonchev–Trinajstić information content (AvgIpc) is 2.68. The number of benzene rings is 3. The van der Waals surface area contributed by atoms with Crippen molar-refractivity contribution in [2.45, 2.75) is 19.4 Å². The number of halogens is 1. The van der Waals surface area contributed by atoms with Crippen molar-refractivity contribution in [2.24, 2.45) is 0 Å². The Kier molecular flexibility index (Phi) is 5.81. The summed E-state index contributed by atoms with van der Waals surface area (Å²) in [6, 6.07) is 19.0. The van der Waals surface area contributed by atoms with Crippen molar-refractivity contribution in [1.82, 2.24) is 5.32 Å². The Hall–Kier alpha value is -3.21. The Bertz CT molecular complexity index is 948. The van der Waals surface area contributed by atoms with Gasteiger partial charge in [-0.25, -0.2) is 9.18 Å². The summed E-state index contributed by atoms with van der Waals surface area (Å²) in [5.41, 5.74) is 1.34. The molecule has 4 nitrogen and oxygen atoms in total. The molecule has 1 N–H and O–H groups in total. The van der Waals surface area contributed by atoms with Crippen molar-refractivity contribution in [1.29, 1.82) is 0 Å². The van der Waals surface area contributed by atoms with E-state index in [0.717, 1.165) is 16.3 Å². The Balaban J connectivity index is 1.55. The summed E-state index contributed by atoms with van der Waals surface area (Å²) in [6.07, 6.45) is -0.347. The van der Waals surface area contributed by atoms with Crippen molar-refractivity contribution in [3.05, 3.63) is 83.7 Å². The van der Waals surface area contributed by atoms with Crippen LogP contribution in [0.25, 0.3) is 10.8 Å². The second kappa shape index (κ2) is 8.45. The van der Waals surface area contributed by atoms with Crippen molar-refractivity contribution >= 4 is 22.6 Å². The maximum atomic E-state index is 12.9. The topological polar surface area (TPSA) is 55.4 Å². The molecular formula is C22H20FNO3. The minimum Gasteiger partial charge on any atom is -0.449 e. The number of fused-ring (bicyclic) bond motifs is 1. The number of amides is 1. The van der Waals surface area contributed by atoms with E-state index in [9.17, 15) is 14.0 Å². The summed E-state index contributed by atoms with van der Waals surface area (Å²) in [4.78, 5) is 24.6. The lowest BCUT2D eigenvalue weighted by molar-refractivity contribution is -0.129. The zero-order valence-electron chi connectivity index (χ0n) is 14.9. The van der Waals surface area contributed by atoms with Crippen LogP contribution in [0.4, 0.5) is 4.39 Å². The third kappa shape index (κ3) is 4.70. The third-order valence-corrected chi connectivity index (χ3v) is 4.29. The van der Waals surface area contributed by atoms with Crippen molar-refractivity contribution < 1.29 is 18.7 Å². The molecule has 0 saturated carbocycles. The Morgan fingerprint density at radius 2 is 1.70 bits per heavy atom. The fourth-order valence-electron chi connectivity index (χ4n) is 2.81. The van der Waals surface area contributed by atoms with E-state index in [0.29, 0.717) is 18.5 Å². The molecule has 1 atom stereocenters. The van der Waals surface area contributed by atoms with E-state index in [2.05, 4.69) is 5.32 Å². The average molecular weight is 365 g/mol. The van der Waals surface area contributed by atoms with Crippen molar-refractivity contribution in [3.63, 3.8) is 0 Å². The lowest BCUT2D eigenvalue weighted by Crippen LogP contribution is -2.36. The minimum absolute atomic E-state index is 0.295. The number of esters is 1. The first-order chi connectivity index (χ1) is 13.0. The highest BCUT2D eigenvalue weighted by atomic mass is 19.1. The van der Waals surface area contributed by atoms with Gasteiger partial charge in [-0.2, -0.15) is 0 Å². The van der Waals surface area contributed by atoms with E-state index < -0.39 is 12.1 Å². The van der Waals surface area contributed by atoms with Crippen molar-refractivity contribution in [2.75, 3.05) is 6.54 Å². The van der Waals surface area contributed by atoms with Crippen LogP contribution in [0, 0.1) is 5.82 Å². The standard InChI is InChI=1S/C22H20FNO3/c1-15(21(25)24-14-13-16-9-11-18(23)12-10-16)27-22(26)20-8-4-6-17-5-2-3-7-19(17)20/h2-12,15H,13-14H2,1H3,(H,24,25). The number of hydrogen-bond acceptors (Lipinski definition) is 3. The summed E-state index contributed by atoms with van der Waals surface area (Å²) in [6.45, 7) is 1.91. The van der Waals surface area contributed by atoms with Gasteiger partial charge in [-0.05, 0) is 47.9 Å². The van der Waals surface area contributed by atoms with E-state index in [-0.39, 0.29) is 11.7 Å². The summed E-state index contributed by atoms with van der Waals surface area (Å²) in [5.74, 6) is -1.20. The first kappa shape index (κ1) is 18.6. The summed E-state index contributed by atoms with van der Waals surface area (Å²) >= 11 is 0. The number of ether oxygens (including phenoxy) is 1. The van der Waals surface area contributed by atoms with Crippen LogP contribution in [0.2, 0.25) is 0 Å². The first-order valence-corrected chi connectivity index (χ1v) is 8.75. The van der Waals surface area contributed by atoms with Crippen LogP contribution in [-0.4, -0.2) is 24.5 Å². The molecule has 0 radical (unpaired) electrons. The van der Waals surface area contributed by atoms with E-state index >= 15 is 0 Å². The van der Waals surface area contributed by atoms with Crippen LogP contribution in [0.3, 0.4) is 0 Å². The number of carbonyl (C=O) groups is 2. The highest BCUT2D eigenvalue weighted by Crippen LogP contribution is 2.19. The number of nitrogens with one attached hydrogen (secondary N) is 1. The molecule has 0 aliphatic heterocycles. The lowest BCUT2D eigenvalue weighted by Gasteiger charge is -2.14. The van der Waals surface area contributed by atoms with Crippen LogP contribution in [0.1, 0.15) is 22.8 Å². The molecule has 0 heterocycles. The molecule has 0 aliphatic rings. The van der Waals surface area contributed by atoms with Crippen LogP contribution in [0.15, 0.2) is 66.7 Å². The molecular weight excluding hydrogens is 345 g/mol. The van der Waals surface area contributed by atoms with Gasteiger partial charge in [0.2, 0.25) is 0 Å². The molecule has 0 bridgehead atoms. The van der Waals surface area contributed by atoms with Gasteiger partial charge < -0.3 is 10.1 Å². The molecule has 3 aromatic rings. The van der Waals surface area contributed by atoms with E-state index in [1.165, 1.54) is 19.1 Å². The molecule has 1 unspecified atom stereocenters. The zero-order valence-corrected chi connectivity index (χ0v) is 14.9. The SMILES string of the molecule is CC(OC(=O)c1cccc2ccccc12)C(=O)NCCc1ccc(F)cc1. The largest absolute Gasteiger partial charge is 0.449 e. The normalized spacial score (nSPS) is 11.8. The van der Waals surface area contributed by atoms with Gasteiger partial charge in [0, 0.05) is 6.54 Å². The van der Waals surface area contributed by atoms with Crippen molar-refractivity contribution in [3.8, 4) is 0 Å². The summed E-state index contributed by atoms with van der Waals surface area (Å²) < 4.78 is 18.2. The predicted octanol–water partition coefficient (Wildman–Crippen LogP) is 3.88. The molecule has 3 aromatic carbocycles. The second-order valence-electron chi connectivity index (χ2n) is 6.24. The minimum atomic E-state index is -0.912. The second-order valence-corrected chi connectivity index (χ2v) is 6.24. The Labute approximate surface area is 157 Å². The third-order valence-electron chi connectivity index (χ3n) is 4.29. The quantitative estimate of drug-likeness (QED) is 0.675. The molecule has 5 heteroatoms. The monoisotopic (exact) mass is 365 g/mol. The van der Waals surface area contributed by atoms with Gasteiger partial charge in [-0.1, -0.05) is 48.5 Å². The van der Waals surface area contributed by atoms with Gasteiger partial charge in [0.15, 0.2) is 6.10 Å². The Morgan fingerprint density at radius 3 is 2.48 bits per heavy atom. The Morgan fingerprint density at radius 1 is 1.00 bits per heavy atom. The van der Waals surface area contributed by atoms with Gasteiger partial charge in [-0.3, -0.25) is 4.79 Å². The molecule has 138 valence electrons. The zero-order chi connectivity index (χ0) is 19.2. The van der Waals surface area contributed by atoms with Crippen LogP contribution in [-0.2, 0) is 16.0 Å². The predicted molar refractivity (Wildman–Crippen MR) is 102 cm³/mol. The van der Waals surface area contributed by atoms with Gasteiger partial charge in [0.05, 0.1) is 5.56 Å². The molecule has 0 fully saturated rings. The molecule has 3 rings (SSSR count). The lowest BCUT2D eigenvalue weighted by atomic mass is 10.0. The van der Waals surface area contributed by atoms with Gasteiger partial charge in [0.1, 0.15) is 5.82 Å². The molecule has 1 amide bonds. The van der Waals surface area contributed by atoms with E-state index in [1.807, 2.05) is 30.3 Å². The van der Waals surface area contributed by atoms with E-state index in [1.54, 1.807) is 24.3 Å². The fourth-order valence-corrected chi connectivity index (χ4v) is 2.81. The van der Waals surface area contributed by atoms with Crippen LogP contribution < -0.4 is 5.32 Å². The highest BCUT2D eigenvalue weighted by Gasteiger charge is 2.19.